The Balaban J connectivity index is 1.89. The average molecular weight is 522 g/mol. The monoisotopic (exact) mass is 521 g/mol. The molecule has 1 aliphatic rings. The molecule has 1 aliphatic heterocycles. The number of hydrogen-bond donors (Lipinski definition) is 0. The van der Waals surface area contributed by atoms with Gasteiger partial charge >= 0.3 is 6.03 Å². The number of amides is 2. The topological polar surface area (TPSA) is 118 Å². The Hall–Kier alpha value is -4.06. The van der Waals surface area contributed by atoms with Gasteiger partial charge in [0.05, 0.1) is 56.9 Å². The number of nitriles is 2. The summed E-state index contributed by atoms with van der Waals surface area (Å²) in [6, 6.07) is 13.1. The zero-order valence-corrected chi connectivity index (χ0v) is 21.0. The second-order valence-electron chi connectivity index (χ2n) is 8.15. The highest BCUT2D eigenvalue weighted by atomic mass is 32.2. The molecule has 0 aliphatic carbocycles. The van der Waals surface area contributed by atoms with Gasteiger partial charge in [-0.25, -0.2) is 22.6 Å². The third kappa shape index (κ3) is 4.47. The van der Waals surface area contributed by atoms with E-state index in [-0.39, 0.29) is 21.6 Å². The van der Waals surface area contributed by atoms with Crippen LogP contribution in [0, 0.1) is 22.7 Å². The highest BCUT2D eigenvalue weighted by molar-refractivity contribution is 7.90. The Bertz CT molecular complexity index is 1550. The van der Waals surface area contributed by atoms with Gasteiger partial charge in [0.1, 0.15) is 6.67 Å². The Morgan fingerprint density at radius 3 is 2.58 bits per heavy atom. The first kappa shape index (κ1) is 25.0. The number of halogens is 1. The molecule has 2 heterocycles. The molecule has 36 heavy (non-hydrogen) atoms. The number of benzene rings is 2. The lowest BCUT2D eigenvalue weighted by Crippen LogP contribution is -2.47. The first-order valence-corrected chi connectivity index (χ1v) is 13.3. The minimum atomic E-state index is -3.99. The van der Waals surface area contributed by atoms with Crippen LogP contribution in [-0.2, 0) is 22.3 Å². The molecule has 182 valence electrons. The van der Waals surface area contributed by atoms with Crippen molar-refractivity contribution in [1.82, 2.24) is 9.88 Å². The molecular weight excluding hydrogens is 501 g/mol. The van der Waals surface area contributed by atoms with Gasteiger partial charge < -0.3 is 4.90 Å². The molecular formula is C25H20FN5O3S2. The van der Waals surface area contributed by atoms with Crippen LogP contribution >= 0.6 is 11.3 Å². The fourth-order valence-electron chi connectivity index (χ4n) is 4.19. The van der Waals surface area contributed by atoms with Gasteiger partial charge in [0.25, 0.3) is 0 Å². The number of alkyl halides is 1. The fraction of sp³-hybridized carbons (Fsp3) is 0.200. The molecule has 0 bridgehead atoms. The molecule has 2 aromatic carbocycles. The number of nitrogens with zero attached hydrogens (tertiary/aromatic N) is 5. The second kappa shape index (κ2) is 9.90. The van der Waals surface area contributed by atoms with Crippen LogP contribution in [-0.4, -0.2) is 31.4 Å². The number of anilines is 1. The van der Waals surface area contributed by atoms with Crippen molar-refractivity contribution in [2.75, 3.05) is 11.9 Å². The first-order chi connectivity index (χ1) is 17.2. The van der Waals surface area contributed by atoms with Crippen LogP contribution in [0.15, 0.2) is 69.5 Å². The molecule has 11 heteroatoms. The van der Waals surface area contributed by atoms with Crippen LogP contribution in [0.5, 0.6) is 0 Å². The molecule has 1 atom stereocenters. The van der Waals surface area contributed by atoms with Crippen molar-refractivity contribution in [3.63, 3.8) is 0 Å². The van der Waals surface area contributed by atoms with Crippen molar-refractivity contribution in [2.24, 2.45) is 0 Å². The maximum absolute atomic E-state index is 13.5. The van der Waals surface area contributed by atoms with E-state index in [0.717, 1.165) is 0 Å². The van der Waals surface area contributed by atoms with Crippen molar-refractivity contribution in [3.05, 3.63) is 87.0 Å². The summed E-state index contributed by atoms with van der Waals surface area (Å²) in [6.45, 7) is 0.874. The zero-order valence-electron chi connectivity index (χ0n) is 19.3. The van der Waals surface area contributed by atoms with E-state index < -0.39 is 34.3 Å². The summed E-state index contributed by atoms with van der Waals surface area (Å²) < 4.78 is 40.2. The number of hydrogen-bond acceptors (Lipinski definition) is 7. The molecule has 0 N–H and O–H groups in total. The van der Waals surface area contributed by atoms with Gasteiger partial charge in [-0.1, -0.05) is 18.2 Å². The summed E-state index contributed by atoms with van der Waals surface area (Å²) in [5.41, 5.74) is 3.43. The molecule has 0 spiro atoms. The van der Waals surface area contributed by atoms with Crippen LogP contribution in [0.3, 0.4) is 0 Å². The molecule has 0 radical (unpaired) electrons. The number of likely N-dealkylation sites (N-methyl/N-ethyl adjacent to an activating group) is 1. The third-order valence-corrected chi connectivity index (χ3v) is 8.25. The normalized spacial score (nSPS) is 16.1. The van der Waals surface area contributed by atoms with E-state index in [2.05, 4.69) is 11.1 Å². The van der Waals surface area contributed by atoms with Crippen LogP contribution in [0.1, 0.15) is 35.3 Å². The number of rotatable bonds is 6. The van der Waals surface area contributed by atoms with Gasteiger partial charge in [-0.15, -0.1) is 11.3 Å². The Morgan fingerprint density at radius 1 is 1.17 bits per heavy atom. The minimum absolute atomic E-state index is 0.129. The van der Waals surface area contributed by atoms with E-state index in [1.807, 2.05) is 6.07 Å². The Kier molecular flexibility index (Phi) is 6.88. The largest absolute Gasteiger partial charge is 0.329 e. The third-order valence-electron chi connectivity index (χ3n) is 5.92. The van der Waals surface area contributed by atoms with E-state index in [0.29, 0.717) is 22.6 Å². The summed E-state index contributed by atoms with van der Waals surface area (Å²) in [5.74, 6) is -0.393. The van der Waals surface area contributed by atoms with Gasteiger partial charge in [-0.3, -0.25) is 4.90 Å². The predicted octanol–water partition coefficient (Wildman–Crippen LogP) is 4.87. The standard InChI is InChI=1S/C25H20FN5O3S2/c1-16-22(12-28)24(30(2)25(32)31(16)20-5-3-4-17(8-20)10-26)21-7-6-18(11-27)9-23(21)36(33,34)14-19-13-35-15-29-19/h3-9,13,15,24H,10,14H2,1-2H3/t24-/m1/s1. The van der Waals surface area contributed by atoms with Crippen LogP contribution in [0.2, 0.25) is 0 Å². The number of thiazole rings is 1. The van der Waals surface area contributed by atoms with Crippen molar-refractivity contribution in [1.29, 1.82) is 10.5 Å². The predicted molar refractivity (Wildman–Crippen MR) is 132 cm³/mol. The lowest BCUT2D eigenvalue weighted by molar-refractivity contribution is 0.202. The van der Waals surface area contributed by atoms with Gasteiger partial charge in [0.15, 0.2) is 9.84 Å². The maximum atomic E-state index is 13.5. The number of sulfone groups is 1. The lowest BCUT2D eigenvalue weighted by Gasteiger charge is -2.40. The summed E-state index contributed by atoms with van der Waals surface area (Å²) in [5, 5.41) is 21.2. The van der Waals surface area contributed by atoms with Gasteiger partial charge in [-0.05, 0) is 42.3 Å². The Morgan fingerprint density at radius 2 is 1.94 bits per heavy atom. The van der Waals surface area contributed by atoms with Gasteiger partial charge in [0, 0.05) is 18.1 Å². The molecule has 2 amide bonds. The minimum Gasteiger partial charge on any atom is -0.315 e. The fourth-order valence-corrected chi connectivity index (χ4v) is 6.40. The summed E-state index contributed by atoms with van der Waals surface area (Å²) in [7, 11) is -2.52. The summed E-state index contributed by atoms with van der Waals surface area (Å²) >= 11 is 1.26. The van der Waals surface area contributed by atoms with Crippen LogP contribution in [0.25, 0.3) is 0 Å². The first-order valence-electron chi connectivity index (χ1n) is 10.7. The van der Waals surface area contributed by atoms with E-state index in [4.69, 9.17) is 0 Å². The number of aromatic nitrogens is 1. The van der Waals surface area contributed by atoms with E-state index in [9.17, 15) is 28.1 Å². The number of carbonyl (C=O) groups excluding carboxylic acids is 1. The molecule has 0 fully saturated rings. The van der Waals surface area contributed by atoms with Crippen LogP contribution < -0.4 is 4.90 Å². The highest BCUT2D eigenvalue weighted by Gasteiger charge is 2.40. The Labute approximate surface area is 212 Å². The van der Waals surface area contributed by atoms with Crippen molar-refractivity contribution >= 4 is 32.9 Å². The van der Waals surface area contributed by atoms with Gasteiger partial charge in [0.2, 0.25) is 0 Å². The molecule has 8 nitrogen and oxygen atoms in total. The van der Waals surface area contributed by atoms with Crippen molar-refractivity contribution in [2.45, 2.75) is 30.3 Å². The van der Waals surface area contributed by atoms with E-state index in [1.165, 1.54) is 58.0 Å². The van der Waals surface area contributed by atoms with E-state index >= 15 is 0 Å². The van der Waals surface area contributed by atoms with Crippen molar-refractivity contribution < 1.29 is 17.6 Å². The number of carbonyl (C=O) groups is 1. The SMILES string of the molecule is CC1=C(C#N)[C@@H](c2ccc(C#N)cc2S(=O)(=O)Cc2cscn2)N(C)C(=O)N1c1cccc(CF)c1. The molecule has 0 saturated carbocycles. The number of urea groups is 1. The molecule has 0 unspecified atom stereocenters. The summed E-state index contributed by atoms with van der Waals surface area (Å²) in [6.07, 6.45) is 0. The quantitative estimate of drug-likeness (QED) is 0.457. The molecule has 1 aromatic heterocycles. The smallest absolute Gasteiger partial charge is 0.315 e. The zero-order chi connectivity index (χ0) is 26.0. The maximum Gasteiger partial charge on any atom is 0.329 e. The second-order valence-corrected chi connectivity index (χ2v) is 10.8. The van der Waals surface area contributed by atoms with Gasteiger partial charge in [-0.2, -0.15) is 10.5 Å². The average Bonchev–Trinajstić information content (AvgIpc) is 3.38. The van der Waals surface area contributed by atoms with Crippen LogP contribution in [0.4, 0.5) is 14.9 Å². The summed E-state index contributed by atoms with van der Waals surface area (Å²) in [4.78, 5) is 20.0. The van der Waals surface area contributed by atoms with E-state index in [1.54, 1.807) is 30.5 Å². The van der Waals surface area contributed by atoms with Crippen molar-refractivity contribution in [3.8, 4) is 12.1 Å². The number of allylic oxidation sites excluding steroid dienone is 1. The molecule has 0 saturated heterocycles. The highest BCUT2D eigenvalue weighted by Crippen LogP contribution is 2.41. The lowest BCUT2D eigenvalue weighted by atomic mass is 9.93. The molecule has 4 rings (SSSR count). The molecule has 3 aromatic rings.